The minimum atomic E-state index is 1.26. The first kappa shape index (κ1) is 28.7. The Labute approximate surface area is 228 Å². The zero-order valence-corrected chi connectivity index (χ0v) is 24.7. The van der Waals surface area contributed by atoms with E-state index in [0.29, 0.717) is 0 Å². The first-order valence-corrected chi connectivity index (χ1v) is 17.1. The normalized spacial score (nSPS) is 11.5. The van der Waals surface area contributed by atoms with E-state index in [1.54, 1.807) is 4.88 Å². The van der Waals surface area contributed by atoms with Crippen LogP contribution in [-0.4, -0.2) is 0 Å². The Kier molecular flexibility index (Phi) is 15.0. The molecule has 0 aliphatic carbocycles. The molecule has 3 aromatic rings. The van der Waals surface area contributed by atoms with Gasteiger partial charge in [0, 0.05) is 24.4 Å². The summed E-state index contributed by atoms with van der Waals surface area (Å²) < 4.78 is 0. The molecule has 3 heteroatoms. The van der Waals surface area contributed by atoms with Crippen molar-refractivity contribution in [1.29, 1.82) is 0 Å². The fourth-order valence-corrected chi connectivity index (χ4v) is 7.85. The summed E-state index contributed by atoms with van der Waals surface area (Å²) in [6, 6.07) is 13.6. The monoisotopic (exact) mass is 528 g/mol. The number of hydrogen-bond donors (Lipinski definition) is 0. The maximum absolute atomic E-state index is 2.36. The van der Waals surface area contributed by atoms with Gasteiger partial charge in [-0.3, -0.25) is 0 Å². The summed E-state index contributed by atoms with van der Waals surface area (Å²) in [4.78, 5) is 7.20. The third kappa shape index (κ3) is 11.8. The molecule has 3 aromatic heterocycles. The van der Waals surface area contributed by atoms with Crippen molar-refractivity contribution < 1.29 is 0 Å². The topological polar surface area (TPSA) is 0 Å². The van der Waals surface area contributed by atoms with Gasteiger partial charge in [0.15, 0.2) is 0 Å². The quantitative estimate of drug-likeness (QED) is 0.121. The minimum Gasteiger partial charge on any atom is -0.143 e. The summed E-state index contributed by atoms with van der Waals surface area (Å²) in [6.07, 6.45) is 27.3. The Balaban J connectivity index is 1.11. The number of hydrogen-bond acceptors (Lipinski definition) is 3. The molecule has 0 spiro atoms. The van der Waals surface area contributed by atoms with Crippen molar-refractivity contribution in [2.75, 3.05) is 0 Å². The van der Waals surface area contributed by atoms with Gasteiger partial charge in [-0.2, -0.15) is 0 Å². The van der Waals surface area contributed by atoms with Gasteiger partial charge in [0.25, 0.3) is 0 Å². The molecule has 3 rings (SSSR count). The zero-order valence-electron chi connectivity index (χ0n) is 22.2. The Hall–Kier alpha value is -0.900. The van der Waals surface area contributed by atoms with E-state index in [2.05, 4.69) is 48.7 Å². The van der Waals surface area contributed by atoms with Crippen molar-refractivity contribution in [1.82, 2.24) is 0 Å². The summed E-state index contributed by atoms with van der Waals surface area (Å²) in [7, 11) is 0. The van der Waals surface area contributed by atoms with Gasteiger partial charge in [0.05, 0.1) is 0 Å². The first-order chi connectivity index (χ1) is 17.4. The van der Waals surface area contributed by atoms with Crippen LogP contribution in [0.1, 0.15) is 127 Å². The molecule has 0 aliphatic rings. The maximum Gasteiger partial charge on any atom is 0.0449 e. The van der Waals surface area contributed by atoms with Crippen molar-refractivity contribution in [2.24, 2.45) is 0 Å². The van der Waals surface area contributed by atoms with Crippen LogP contribution in [0.5, 0.6) is 0 Å². The van der Waals surface area contributed by atoms with Crippen molar-refractivity contribution >= 4 is 34.0 Å². The number of rotatable bonds is 21. The van der Waals surface area contributed by atoms with Gasteiger partial charge >= 0.3 is 0 Å². The van der Waals surface area contributed by atoms with Gasteiger partial charge in [-0.25, -0.2) is 0 Å². The van der Waals surface area contributed by atoms with Crippen LogP contribution in [0.3, 0.4) is 0 Å². The van der Waals surface area contributed by atoms with E-state index < -0.39 is 0 Å². The molecular formula is C32H48S3. The zero-order chi connectivity index (χ0) is 24.4. The van der Waals surface area contributed by atoms with E-state index in [0.717, 1.165) is 0 Å². The summed E-state index contributed by atoms with van der Waals surface area (Å²) in [5.74, 6) is 0. The second kappa shape index (κ2) is 18.4. The molecule has 0 nitrogen and oxygen atoms in total. The Morgan fingerprint density at radius 2 is 0.914 bits per heavy atom. The second-order valence-electron chi connectivity index (χ2n) is 10.2. The Bertz CT molecular complexity index is 870. The second-order valence-corrected chi connectivity index (χ2v) is 13.4. The van der Waals surface area contributed by atoms with Crippen LogP contribution in [0, 0.1) is 0 Å². The fraction of sp³-hybridized carbons (Fsp3) is 0.625. The lowest BCUT2D eigenvalue weighted by atomic mass is 10.0. The Morgan fingerprint density at radius 3 is 1.43 bits per heavy atom. The van der Waals surface area contributed by atoms with Crippen LogP contribution in [0.15, 0.2) is 41.8 Å². The summed E-state index contributed by atoms with van der Waals surface area (Å²) in [5.41, 5.74) is 0. The maximum atomic E-state index is 2.36. The van der Waals surface area contributed by atoms with E-state index >= 15 is 0 Å². The highest BCUT2D eigenvalue weighted by Gasteiger charge is 2.08. The molecule has 0 aromatic carbocycles. The average molecular weight is 529 g/mol. The van der Waals surface area contributed by atoms with Crippen LogP contribution < -0.4 is 0 Å². The van der Waals surface area contributed by atoms with Crippen molar-refractivity contribution in [2.45, 2.75) is 129 Å². The van der Waals surface area contributed by atoms with Gasteiger partial charge in [-0.1, -0.05) is 122 Å². The third-order valence-corrected chi connectivity index (χ3v) is 10.5. The molecule has 0 radical (unpaired) electrons. The van der Waals surface area contributed by atoms with E-state index in [1.165, 1.54) is 142 Å². The van der Waals surface area contributed by atoms with Crippen LogP contribution in [-0.2, 0) is 6.42 Å². The van der Waals surface area contributed by atoms with Crippen LogP contribution in [0.25, 0.3) is 19.5 Å². The highest BCUT2D eigenvalue weighted by atomic mass is 32.1. The number of thiophene rings is 3. The highest BCUT2D eigenvalue weighted by molar-refractivity contribution is 7.26. The predicted molar refractivity (Wildman–Crippen MR) is 163 cm³/mol. The fourth-order valence-electron chi connectivity index (χ4n) is 4.87. The molecule has 0 saturated carbocycles. The van der Waals surface area contributed by atoms with E-state index in [9.17, 15) is 0 Å². The smallest absolute Gasteiger partial charge is 0.0449 e. The highest BCUT2D eigenvalue weighted by Crippen LogP contribution is 2.39. The number of aryl methyl sites for hydroxylation is 1. The minimum absolute atomic E-state index is 1.26. The molecule has 35 heavy (non-hydrogen) atoms. The van der Waals surface area contributed by atoms with Crippen molar-refractivity contribution in [3.63, 3.8) is 0 Å². The summed E-state index contributed by atoms with van der Waals surface area (Å²) >= 11 is 5.76. The lowest BCUT2D eigenvalue weighted by molar-refractivity contribution is 0.525. The van der Waals surface area contributed by atoms with Crippen molar-refractivity contribution in [3.8, 4) is 19.5 Å². The standard InChI is InChI=1S/C32H48S3/c1-2-3-4-5-6-7-8-9-10-11-12-13-14-15-16-17-18-19-21-28-23-24-31(34-28)32-26-25-30(35-32)29-22-20-27-33-29/h20,22-27H,2-19,21H2,1H3. The molecule has 0 bridgehead atoms. The molecule has 0 aliphatic heterocycles. The molecule has 194 valence electrons. The van der Waals surface area contributed by atoms with E-state index in [4.69, 9.17) is 0 Å². The molecule has 0 saturated heterocycles. The van der Waals surface area contributed by atoms with Crippen LogP contribution in [0.4, 0.5) is 0 Å². The average Bonchev–Trinajstić information content (AvgIpc) is 3.65. The van der Waals surface area contributed by atoms with Gasteiger partial charge in [-0.05, 0) is 48.6 Å². The summed E-state index contributed by atoms with van der Waals surface area (Å²) in [6.45, 7) is 2.30. The third-order valence-electron chi connectivity index (χ3n) is 7.05. The van der Waals surface area contributed by atoms with Gasteiger partial charge in [0.2, 0.25) is 0 Å². The number of unbranched alkanes of at least 4 members (excludes halogenated alkanes) is 17. The lowest BCUT2D eigenvalue weighted by Gasteiger charge is -2.04. The predicted octanol–water partition coefficient (Wildman–Crippen LogP) is 12.8. The first-order valence-electron chi connectivity index (χ1n) is 14.6. The van der Waals surface area contributed by atoms with Crippen LogP contribution >= 0.6 is 34.0 Å². The van der Waals surface area contributed by atoms with Gasteiger partial charge in [-0.15, -0.1) is 34.0 Å². The van der Waals surface area contributed by atoms with Crippen LogP contribution in [0.2, 0.25) is 0 Å². The molecular weight excluding hydrogens is 481 g/mol. The van der Waals surface area contributed by atoms with Gasteiger partial charge in [0.1, 0.15) is 0 Å². The van der Waals surface area contributed by atoms with Gasteiger partial charge < -0.3 is 0 Å². The Morgan fingerprint density at radius 1 is 0.457 bits per heavy atom. The summed E-state index contributed by atoms with van der Waals surface area (Å²) in [5, 5.41) is 2.16. The molecule has 0 atom stereocenters. The molecule has 0 amide bonds. The van der Waals surface area contributed by atoms with E-state index in [-0.39, 0.29) is 0 Å². The molecule has 0 unspecified atom stereocenters. The van der Waals surface area contributed by atoms with Crippen molar-refractivity contribution in [3.05, 3.63) is 46.7 Å². The largest absolute Gasteiger partial charge is 0.143 e. The molecule has 0 fully saturated rings. The lowest BCUT2D eigenvalue weighted by Crippen LogP contribution is -1.85. The van der Waals surface area contributed by atoms with E-state index in [1.807, 2.05) is 34.0 Å². The molecule has 0 N–H and O–H groups in total. The molecule has 3 heterocycles. The SMILES string of the molecule is CCCCCCCCCCCCCCCCCCCCc1ccc(-c2ccc(-c3cccs3)s2)s1.